The van der Waals surface area contributed by atoms with E-state index in [1.54, 1.807) is 0 Å². The van der Waals surface area contributed by atoms with Crippen LogP contribution in [-0.4, -0.2) is 23.8 Å². The monoisotopic (exact) mass is 219 g/mol. The second kappa shape index (κ2) is 5.15. The van der Waals surface area contributed by atoms with Gasteiger partial charge in [0.2, 0.25) is 0 Å². The van der Waals surface area contributed by atoms with Crippen molar-refractivity contribution in [3.63, 3.8) is 0 Å². The Kier molecular flexibility index (Phi) is 3.60. The van der Waals surface area contributed by atoms with Crippen molar-refractivity contribution in [1.82, 2.24) is 9.88 Å². The van der Waals surface area contributed by atoms with Crippen LogP contribution in [0, 0.1) is 11.3 Å². The average molecular weight is 219 g/mol. The number of rotatable bonds is 4. The van der Waals surface area contributed by atoms with Crippen LogP contribution in [0.15, 0.2) is 12.3 Å². The average Bonchev–Trinajstić information content (AvgIpc) is 2.88. The van der Waals surface area contributed by atoms with Crippen molar-refractivity contribution in [2.45, 2.75) is 25.5 Å². The summed E-state index contributed by atoms with van der Waals surface area (Å²) in [5.74, 6) is 0. The largest absolute Gasteiger partial charge is 0.377 e. The summed E-state index contributed by atoms with van der Waals surface area (Å²) < 4.78 is 7.37. The molecule has 86 valence electrons. The third-order valence-corrected chi connectivity index (χ3v) is 2.90. The minimum Gasteiger partial charge on any atom is -0.377 e. The number of hydrogen-bond acceptors (Lipinski definition) is 3. The first-order valence-corrected chi connectivity index (χ1v) is 5.67. The van der Waals surface area contributed by atoms with Crippen LogP contribution in [0.5, 0.6) is 0 Å². The highest BCUT2D eigenvalue weighted by molar-refractivity contribution is 5.28. The first-order chi connectivity index (χ1) is 7.79. The second-order valence-corrected chi connectivity index (χ2v) is 4.22. The van der Waals surface area contributed by atoms with E-state index in [9.17, 15) is 0 Å². The van der Waals surface area contributed by atoms with Gasteiger partial charge in [-0.1, -0.05) is 0 Å². The van der Waals surface area contributed by atoms with Crippen molar-refractivity contribution in [3.05, 3.63) is 23.5 Å². The molecule has 1 atom stereocenters. The quantitative estimate of drug-likeness (QED) is 0.827. The third kappa shape index (κ3) is 2.63. The Morgan fingerprint density at radius 1 is 1.69 bits per heavy atom. The Balaban J connectivity index is 1.78. The molecule has 1 fully saturated rings. The van der Waals surface area contributed by atoms with Crippen molar-refractivity contribution in [2.75, 3.05) is 13.2 Å². The van der Waals surface area contributed by atoms with E-state index in [2.05, 4.69) is 11.4 Å². The molecule has 0 aromatic carbocycles. The molecule has 0 bridgehead atoms. The fraction of sp³-hybridized carbons (Fsp3) is 0.583. The number of nitriles is 1. The minimum atomic E-state index is 0.374. The SMILES string of the molecule is Cn1cc(CNCC2CCCO2)cc1C#N. The van der Waals surface area contributed by atoms with Gasteiger partial charge in [-0.2, -0.15) is 5.26 Å². The van der Waals surface area contributed by atoms with E-state index < -0.39 is 0 Å². The van der Waals surface area contributed by atoms with Crippen LogP contribution in [0.4, 0.5) is 0 Å². The predicted molar refractivity (Wildman–Crippen MR) is 60.8 cm³/mol. The van der Waals surface area contributed by atoms with Crippen molar-refractivity contribution in [3.8, 4) is 6.07 Å². The zero-order chi connectivity index (χ0) is 11.4. The first kappa shape index (κ1) is 11.2. The molecular weight excluding hydrogens is 202 g/mol. The summed E-state index contributed by atoms with van der Waals surface area (Å²) in [6.45, 7) is 2.60. The summed E-state index contributed by atoms with van der Waals surface area (Å²) in [6, 6.07) is 4.08. The summed E-state index contributed by atoms with van der Waals surface area (Å²) in [4.78, 5) is 0. The lowest BCUT2D eigenvalue weighted by atomic mass is 10.2. The normalized spacial score (nSPS) is 19.9. The van der Waals surface area contributed by atoms with Gasteiger partial charge in [-0.3, -0.25) is 0 Å². The fourth-order valence-electron chi connectivity index (χ4n) is 2.02. The number of nitrogens with one attached hydrogen (secondary N) is 1. The van der Waals surface area contributed by atoms with Gasteiger partial charge < -0.3 is 14.6 Å². The number of ether oxygens (including phenoxy) is 1. The van der Waals surface area contributed by atoms with E-state index in [-0.39, 0.29) is 0 Å². The summed E-state index contributed by atoms with van der Waals surface area (Å²) in [6.07, 6.45) is 4.70. The van der Waals surface area contributed by atoms with Crippen LogP contribution >= 0.6 is 0 Å². The highest BCUT2D eigenvalue weighted by atomic mass is 16.5. The highest BCUT2D eigenvalue weighted by Gasteiger charge is 2.14. The van der Waals surface area contributed by atoms with E-state index in [0.29, 0.717) is 11.8 Å². The summed E-state index contributed by atoms with van der Waals surface area (Å²) in [5, 5.41) is 12.2. The molecule has 16 heavy (non-hydrogen) atoms. The van der Waals surface area contributed by atoms with Crippen molar-refractivity contribution in [2.24, 2.45) is 7.05 Å². The van der Waals surface area contributed by atoms with Gasteiger partial charge in [0.05, 0.1) is 6.10 Å². The first-order valence-electron chi connectivity index (χ1n) is 5.67. The highest BCUT2D eigenvalue weighted by Crippen LogP contribution is 2.11. The van der Waals surface area contributed by atoms with Gasteiger partial charge in [-0.05, 0) is 24.5 Å². The molecule has 1 saturated heterocycles. The van der Waals surface area contributed by atoms with Gasteiger partial charge in [-0.15, -0.1) is 0 Å². The van der Waals surface area contributed by atoms with Crippen molar-refractivity contribution >= 4 is 0 Å². The number of nitrogens with zero attached hydrogens (tertiary/aromatic N) is 2. The topological polar surface area (TPSA) is 50.0 Å². The maximum absolute atomic E-state index is 8.82. The molecule has 1 aromatic rings. The van der Waals surface area contributed by atoms with Crippen LogP contribution in [0.2, 0.25) is 0 Å². The van der Waals surface area contributed by atoms with Gasteiger partial charge in [0.25, 0.3) is 0 Å². The molecule has 0 spiro atoms. The van der Waals surface area contributed by atoms with Crippen LogP contribution in [0.25, 0.3) is 0 Å². The maximum atomic E-state index is 8.82. The lowest BCUT2D eigenvalue weighted by molar-refractivity contribution is 0.110. The number of aromatic nitrogens is 1. The molecule has 1 aliphatic heterocycles. The lowest BCUT2D eigenvalue weighted by Gasteiger charge is -2.09. The van der Waals surface area contributed by atoms with Crippen LogP contribution in [0.1, 0.15) is 24.1 Å². The molecule has 1 aliphatic rings. The summed E-state index contributed by atoms with van der Waals surface area (Å²) in [7, 11) is 1.89. The Bertz CT molecular complexity index is 385. The molecule has 4 nitrogen and oxygen atoms in total. The van der Waals surface area contributed by atoms with Crippen molar-refractivity contribution < 1.29 is 4.74 Å². The van der Waals surface area contributed by atoms with E-state index >= 15 is 0 Å². The molecule has 4 heteroatoms. The Morgan fingerprint density at radius 2 is 2.56 bits per heavy atom. The van der Waals surface area contributed by atoms with E-state index in [1.165, 1.54) is 6.42 Å². The molecule has 0 aliphatic carbocycles. The van der Waals surface area contributed by atoms with E-state index in [4.69, 9.17) is 10.00 Å². The molecule has 0 amide bonds. The molecular formula is C12H17N3O. The maximum Gasteiger partial charge on any atom is 0.120 e. The molecule has 1 aromatic heterocycles. The second-order valence-electron chi connectivity index (χ2n) is 4.22. The zero-order valence-corrected chi connectivity index (χ0v) is 9.57. The Labute approximate surface area is 95.8 Å². The third-order valence-electron chi connectivity index (χ3n) is 2.90. The fourth-order valence-corrected chi connectivity index (χ4v) is 2.02. The molecule has 2 heterocycles. The molecule has 1 unspecified atom stereocenters. The van der Waals surface area contributed by atoms with Crippen molar-refractivity contribution in [1.29, 1.82) is 5.26 Å². The van der Waals surface area contributed by atoms with Gasteiger partial charge in [0, 0.05) is 32.9 Å². The standard InChI is InChI=1S/C12H17N3O/c1-15-9-10(5-11(15)6-13)7-14-8-12-3-2-4-16-12/h5,9,12,14H,2-4,7-8H2,1H3. The van der Waals surface area contributed by atoms with Crippen LogP contribution in [0.3, 0.4) is 0 Å². The molecule has 0 saturated carbocycles. The van der Waals surface area contributed by atoms with E-state index in [0.717, 1.165) is 31.7 Å². The smallest absolute Gasteiger partial charge is 0.120 e. The summed E-state index contributed by atoms with van der Waals surface area (Å²) >= 11 is 0. The molecule has 2 rings (SSSR count). The van der Waals surface area contributed by atoms with Gasteiger partial charge in [0.15, 0.2) is 0 Å². The Morgan fingerprint density at radius 3 is 3.19 bits per heavy atom. The van der Waals surface area contributed by atoms with Gasteiger partial charge in [-0.25, -0.2) is 0 Å². The summed E-state index contributed by atoms with van der Waals surface area (Å²) in [5.41, 5.74) is 1.85. The number of aryl methyl sites for hydroxylation is 1. The molecule has 0 radical (unpaired) electrons. The van der Waals surface area contributed by atoms with E-state index in [1.807, 2.05) is 23.9 Å². The minimum absolute atomic E-state index is 0.374. The predicted octanol–water partition coefficient (Wildman–Crippen LogP) is 1.17. The van der Waals surface area contributed by atoms with Gasteiger partial charge in [0.1, 0.15) is 11.8 Å². The molecule has 1 N–H and O–H groups in total. The zero-order valence-electron chi connectivity index (χ0n) is 9.57. The van der Waals surface area contributed by atoms with Gasteiger partial charge >= 0.3 is 0 Å². The number of hydrogen-bond donors (Lipinski definition) is 1. The Hall–Kier alpha value is -1.31. The lowest BCUT2D eigenvalue weighted by Crippen LogP contribution is -2.25. The van der Waals surface area contributed by atoms with Crippen LogP contribution < -0.4 is 5.32 Å². The van der Waals surface area contributed by atoms with Crippen LogP contribution in [-0.2, 0) is 18.3 Å².